The molecular formula is C13H28N2. The van der Waals surface area contributed by atoms with Crippen LogP contribution in [-0.2, 0) is 0 Å². The van der Waals surface area contributed by atoms with Crippen LogP contribution in [0.4, 0.5) is 0 Å². The van der Waals surface area contributed by atoms with Crippen LogP contribution in [0.25, 0.3) is 0 Å². The maximum Gasteiger partial charge on any atom is 0.0181 e. The van der Waals surface area contributed by atoms with E-state index in [2.05, 4.69) is 52.2 Å². The summed E-state index contributed by atoms with van der Waals surface area (Å²) >= 11 is 0. The molecule has 15 heavy (non-hydrogen) atoms. The van der Waals surface area contributed by atoms with Gasteiger partial charge in [0.2, 0.25) is 0 Å². The van der Waals surface area contributed by atoms with Crippen molar-refractivity contribution < 1.29 is 0 Å². The van der Waals surface area contributed by atoms with Crippen LogP contribution < -0.4 is 10.6 Å². The van der Waals surface area contributed by atoms with E-state index in [0.29, 0.717) is 22.9 Å². The van der Waals surface area contributed by atoms with Gasteiger partial charge in [0, 0.05) is 12.1 Å². The van der Waals surface area contributed by atoms with Crippen LogP contribution in [0.3, 0.4) is 0 Å². The van der Waals surface area contributed by atoms with Gasteiger partial charge in [-0.3, -0.25) is 0 Å². The minimum absolute atomic E-state index is 0.471. The van der Waals surface area contributed by atoms with E-state index in [0.717, 1.165) is 13.1 Å². The van der Waals surface area contributed by atoms with Gasteiger partial charge in [0.15, 0.2) is 0 Å². The second-order valence-electron chi connectivity index (χ2n) is 6.29. The maximum atomic E-state index is 3.67. The molecule has 0 heterocycles. The summed E-state index contributed by atoms with van der Waals surface area (Å²) in [7, 11) is 0. The Morgan fingerprint density at radius 1 is 1.00 bits per heavy atom. The Hall–Kier alpha value is -0.0800. The van der Waals surface area contributed by atoms with Gasteiger partial charge in [-0.2, -0.15) is 0 Å². The SMILES string of the molecule is CC(C)NCCCNC1C(C)(C)C1(C)C. The summed E-state index contributed by atoms with van der Waals surface area (Å²) in [5, 5.41) is 7.11. The Kier molecular flexibility index (Phi) is 3.83. The quantitative estimate of drug-likeness (QED) is 0.661. The van der Waals surface area contributed by atoms with Crippen molar-refractivity contribution in [1.29, 1.82) is 0 Å². The summed E-state index contributed by atoms with van der Waals surface area (Å²) in [6, 6.07) is 1.31. The molecule has 0 atom stereocenters. The molecule has 1 saturated carbocycles. The molecule has 0 aliphatic heterocycles. The average molecular weight is 212 g/mol. The molecule has 0 aromatic heterocycles. The first-order valence-electron chi connectivity index (χ1n) is 6.27. The zero-order chi connectivity index (χ0) is 11.7. The van der Waals surface area contributed by atoms with Crippen LogP contribution in [0.15, 0.2) is 0 Å². The van der Waals surface area contributed by atoms with E-state index in [1.807, 2.05) is 0 Å². The highest BCUT2D eigenvalue weighted by Gasteiger charge is 2.64. The van der Waals surface area contributed by atoms with Crippen molar-refractivity contribution in [2.24, 2.45) is 10.8 Å². The molecule has 1 aliphatic carbocycles. The summed E-state index contributed by atoms with van der Waals surface area (Å²) in [6.45, 7) is 16.1. The van der Waals surface area contributed by atoms with Gasteiger partial charge in [-0.05, 0) is 30.3 Å². The van der Waals surface area contributed by atoms with Crippen molar-refractivity contribution in [3.63, 3.8) is 0 Å². The van der Waals surface area contributed by atoms with Gasteiger partial charge >= 0.3 is 0 Å². The summed E-state index contributed by atoms with van der Waals surface area (Å²) < 4.78 is 0. The molecular weight excluding hydrogens is 184 g/mol. The lowest BCUT2D eigenvalue weighted by Gasteiger charge is -2.09. The van der Waals surface area contributed by atoms with E-state index in [-0.39, 0.29) is 0 Å². The van der Waals surface area contributed by atoms with Crippen molar-refractivity contribution in [3.8, 4) is 0 Å². The standard InChI is InChI=1S/C13H28N2/c1-10(2)14-8-7-9-15-11-12(3,4)13(11,5)6/h10-11,14-15H,7-9H2,1-6H3. The van der Waals surface area contributed by atoms with E-state index < -0.39 is 0 Å². The molecule has 2 N–H and O–H groups in total. The first-order chi connectivity index (χ1) is 6.80. The molecule has 0 amide bonds. The lowest BCUT2D eigenvalue weighted by atomic mass is 10.0. The maximum absolute atomic E-state index is 3.67. The average Bonchev–Trinajstić information content (AvgIpc) is 2.45. The van der Waals surface area contributed by atoms with E-state index >= 15 is 0 Å². The van der Waals surface area contributed by atoms with Crippen LogP contribution in [0.1, 0.15) is 48.0 Å². The molecule has 0 radical (unpaired) electrons. The number of hydrogen-bond donors (Lipinski definition) is 2. The molecule has 90 valence electrons. The van der Waals surface area contributed by atoms with Gasteiger partial charge < -0.3 is 10.6 Å². The van der Waals surface area contributed by atoms with Crippen LogP contribution in [0, 0.1) is 10.8 Å². The van der Waals surface area contributed by atoms with E-state index in [9.17, 15) is 0 Å². The Morgan fingerprint density at radius 2 is 1.53 bits per heavy atom. The first kappa shape index (κ1) is 13.0. The third-order valence-electron chi connectivity index (χ3n) is 4.28. The zero-order valence-electron chi connectivity index (χ0n) is 11.3. The lowest BCUT2D eigenvalue weighted by molar-refractivity contribution is 0.457. The van der Waals surface area contributed by atoms with Gasteiger partial charge in [-0.15, -0.1) is 0 Å². The molecule has 1 aliphatic rings. The minimum Gasteiger partial charge on any atom is -0.314 e. The van der Waals surface area contributed by atoms with Crippen LogP contribution in [0.2, 0.25) is 0 Å². The molecule has 2 heteroatoms. The van der Waals surface area contributed by atoms with Crippen molar-refractivity contribution in [2.45, 2.75) is 60.0 Å². The fourth-order valence-electron chi connectivity index (χ4n) is 2.43. The van der Waals surface area contributed by atoms with Crippen LogP contribution in [-0.4, -0.2) is 25.2 Å². The number of hydrogen-bond acceptors (Lipinski definition) is 2. The van der Waals surface area contributed by atoms with Crippen molar-refractivity contribution in [1.82, 2.24) is 10.6 Å². The molecule has 1 fully saturated rings. The predicted molar refractivity (Wildman–Crippen MR) is 67.1 cm³/mol. The zero-order valence-corrected chi connectivity index (χ0v) is 11.3. The van der Waals surface area contributed by atoms with Crippen molar-refractivity contribution >= 4 is 0 Å². The fraction of sp³-hybridized carbons (Fsp3) is 1.00. The normalized spacial score (nSPS) is 23.4. The lowest BCUT2D eigenvalue weighted by Crippen LogP contribution is -2.29. The van der Waals surface area contributed by atoms with Gasteiger partial charge in [-0.25, -0.2) is 0 Å². The summed E-state index contributed by atoms with van der Waals surface area (Å²) in [6.07, 6.45) is 1.22. The molecule has 0 spiro atoms. The highest BCUT2D eigenvalue weighted by Crippen LogP contribution is 2.62. The van der Waals surface area contributed by atoms with Crippen molar-refractivity contribution in [2.75, 3.05) is 13.1 Å². The predicted octanol–water partition coefficient (Wildman–Crippen LogP) is 2.40. The molecule has 0 bridgehead atoms. The highest BCUT2D eigenvalue weighted by molar-refractivity contribution is 5.17. The van der Waals surface area contributed by atoms with Gasteiger partial charge in [0.25, 0.3) is 0 Å². The smallest absolute Gasteiger partial charge is 0.0181 e. The molecule has 1 rings (SSSR count). The third-order valence-corrected chi connectivity index (χ3v) is 4.28. The Balaban J connectivity index is 2.08. The van der Waals surface area contributed by atoms with Gasteiger partial charge in [0.05, 0.1) is 0 Å². The van der Waals surface area contributed by atoms with E-state index in [4.69, 9.17) is 0 Å². The highest BCUT2D eigenvalue weighted by atomic mass is 15.0. The van der Waals surface area contributed by atoms with Crippen LogP contribution in [0.5, 0.6) is 0 Å². The number of nitrogens with one attached hydrogen (secondary N) is 2. The molecule has 0 aromatic carbocycles. The molecule has 0 unspecified atom stereocenters. The topological polar surface area (TPSA) is 24.1 Å². The van der Waals surface area contributed by atoms with Crippen LogP contribution >= 0.6 is 0 Å². The summed E-state index contributed by atoms with van der Waals surface area (Å²) in [5.74, 6) is 0. The summed E-state index contributed by atoms with van der Waals surface area (Å²) in [4.78, 5) is 0. The Morgan fingerprint density at radius 3 is 1.93 bits per heavy atom. The van der Waals surface area contributed by atoms with Crippen molar-refractivity contribution in [3.05, 3.63) is 0 Å². The second-order valence-corrected chi connectivity index (χ2v) is 6.29. The molecule has 0 aromatic rings. The molecule has 2 nitrogen and oxygen atoms in total. The van der Waals surface area contributed by atoms with E-state index in [1.165, 1.54) is 6.42 Å². The fourth-order valence-corrected chi connectivity index (χ4v) is 2.43. The first-order valence-corrected chi connectivity index (χ1v) is 6.27. The van der Waals surface area contributed by atoms with Gasteiger partial charge in [-0.1, -0.05) is 41.5 Å². The number of rotatable bonds is 6. The third kappa shape index (κ3) is 2.73. The Bertz CT molecular complexity index is 193. The molecule has 0 saturated heterocycles. The second kappa shape index (κ2) is 4.42. The largest absolute Gasteiger partial charge is 0.314 e. The minimum atomic E-state index is 0.471. The summed E-state index contributed by atoms with van der Waals surface area (Å²) in [5.41, 5.74) is 0.941. The van der Waals surface area contributed by atoms with Gasteiger partial charge in [0.1, 0.15) is 0 Å². The van der Waals surface area contributed by atoms with E-state index in [1.54, 1.807) is 0 Å². The Labute approximate surface area is 95.2 Å². The monoisotopic (exact) mass is 212 g/mol.